The molecule has 26 heavy (non-hydrogen) atoms. The lowest BCUT2D eigenvalue weighted by Crippen LogP contribution is -2.47. The molecule has 0 bridgehead atoms. The first-order chi connectivity index (χ1) is 12.7. The Morgan fingerprint density at radius 2 is 1.77 bits per heavy atom. The molecule has 4 rings (SSSR count). The van der Waals surface area contributed by atoms with Gasteiger partial charge < -0.3 is 10.0 Å². The summed E-state index contributed by atoms with van der Waals surface area (Å²) in [5.74, 6) is 1.10. The number of nitrogens with zero attached hydrogens (tertiary/aromatic N) is 5. The molecule has 0 aliphatic carbocycles. The van der Waals surface area contributed by atoms with Crippen molar-refractivity contribution in [1.82, 2.24) is 19.5 Å². The van der Waals surface area contributed by atoms with Crippen LogP contribution in [0.25, 0.3) is 16.9 Å². The molecule has 3 heterocycles. The summed E-state index contributed by atoms with van der Waals surface area (Å²) in [5.41, 5.74) is 5.15. The van der Waals surface area contributed by atoms with E-state index in [1.165, 1.54) is 0 Å². The van der Waals surface area contributed by atoms with Crippen molar-refractivity contribution in [2.24, 2.45) is 0 Å². The summed E-state index contributed by atoms with van der Waals surface area (Å²) in [4.78, 5) is 9.42. The number of piperazine rings is 1. The van der Waals surface area contributed by atoms with Crippen LogP contribution < -0.4 is 4.90 Å². The number of aliphatic hydroxyl groups is 1. The van der Waals surface area contributed by atoms with Crippen LogP contribution in [0.1, 0.15) is 11.3 Å². The van der Waals surface area contributed by atoms with Gasteiger partial charge in [0, 0.05) is 55.6 Å². The van der Waals surface area contributed by atoms with Crippen LogP contribution in [-0.2, 0) is 0 Å². The number of hydrogen-bond donors (Lipinski definition) is 1. The summed E-state index contributed by atoms with van der Waals surface area (Å²) in [6.07, 6.45) is 0. The molecule has 0 unspecified atom stereocenters. The molecule has 6 nitrogen and oxygen atoms in total. The lowest BCUT2D eigenvalue weighted by Gasteiger charge is -2.35. The molecule has 2 aromatic heterocycles. The van der Waals surface area contributed by atoms with Gasteiger partial charge >= 0.3 is 0 Å². The predicted molar refractivity (Wildman–Crippen MR) is 104 cm³/mol. The maximum Gasteiger partial charge on any atom is 0.161 e. The van der Waals surface area contributed by atoms with Crippen molar-refractivity contribution < 1.29 is 5.11 Å². The summed E-state index contributed by atoms with van der Waals surface area (Å²) < 4.78 is 1.99. The standard InChI is InChI=1S/C20H25N5O/c1-15-14-18(24-10-8-23(9-11-24)12-13-26)25-20(21-15)16(2)19(22-25)17-6-4-3-5-7-17/h3-7,14,26H,8-13H2,1-2H3. The fourth-order valence-electron chi connectivity index (χ4n) is 3.66. The molecule has 3 aromatic rings. The van der Waals surface area contributed by atoms with E-state index in [4.69, 9.17) is 15.2 Å². The van der Waals surface area contributed by atoms with Crippen molar-refractivity contribution in [3.05, 3.63) is 47.7 Å². The van der Waals surface area contributed by atoms with E-state index in [2.05, 4.69) is 34.9 Å². The number of anilines is 1. The highest BCUT2D eigenvalue weighted by molar-refractivity contribution is 5.71. The van der Waals surface area contributed by atoms with Gasteiger partial charge in [-0.3, -0.25) is 4.90 Å². The molecule has 0 saturated carbocycles. The quantitative estimate of drug-likeness (QED) is 0.780. The Morgan fingerprint density at radius 1 is 1.04 bits per heavy atom. The van der Waals surface area contributed by atoms with Crippen LogP contribution in [0, 0.1) is 13.8 Å². The van der Waals surface area contributed by atoms with Crippen LogP contribution in [0.3, 0.4) is 0 Å². The second kappa shape index (κ2) is 7.05. The van der Waals surface area contributed by atoms with Gasteiger partial charge in [-0.15, -0.1) is 0 Å². The van der Waals surface area contributed by atoms with Crippen molar-refractivity contribution >= 4 is 11.5 Å². The Balaban J connectivity index is 1.74. The first-order valence-electron chi connectivity index (χ1n) is 9.18. The maximum atomic E-state index is 9.14. The normalized spacial score (nSPS) is 15.7. The molecule has 1 aliphatic heterocycles. The summed E-state index contributed by atoms with van der Waals surface area (Å²) in [7, 11) is 0. The molecular formula is C20H25N5O. The Hall–Kier alpha value is -2.44. The lowest BCUT2D eigenvalue weighted by atomic mass is 10.1. The molecular weight excluding hydrogens is 326 g/mol. The topological polar surface area (TPSA) is 56.9 Å². The molecule has 6 heteroatoms. The monoisotopic (exact) mass is 351 g/mol. The van der Waals surface area contributed by atoms with E-state index in [1.54, 1.807) is 0 Å². The lowest BCUT2D eigenvalue weighted by molar-refractivity contribution is 0.188. The zero-order chi connectivity index (χ0) is 18.1. The maximum absolute atomic E-state index is 9.14. The van der Waals surface area contributed by atoms with Gasteiger partial charge in [0.1, 0.15) is 5.82 Å². The Bertz CT molecular complexity index is 897. The average molecular weight is 351 g/mol. The summed E-state index contributed by atoms with van der Waals surface area (Å²) in [5, 5.41) is 14.1. The third kappa shape index (κ3) is 3.06. The van der Waals surface area contributed by atoms with Gasteiger partial charge in [0.25, 0.3) is 0 Å². The fraction of sp³-hybridized carbons (Fsp3) is 0.400. The zero-order valence-corrected chi connectivity index (χ0v) is 15.4. The number of aromatic nitrogens is 3. The summed E-state index contributed by atoms with van der Waals surface area (Å²) in [6.45, 7) is 8.87. The minimum Gasteiger partial charge on any atom is -0.395 e. The van der Waals surface area contributed by atoms with Crippen molar-refractivity contribution in [2.45, 2.75) is 13.8 Å². The Kier molecular flexibility index (Phi) is 4.61. The third-order valence-electron chi connectivity index (χ3n) is 5.09. The van der Waals surface area contributed by atoms with Crippen LogP contribution >= 0.6 is 0 Å². The second-order valence-electron chi connectivity index (χ2n) is 6.88. The van der Waals surface area contributed by atoms with E-state index in [0.717, 1.165) is 66.7 Å². The molecule has 1 fully saturated rings. The number of fused-ring (bicyclic) bond motifs is 1. The van der Waals surface area contributed by atoms with Gasteiger partial charge in [0.05, 0.1) is 12.3 Å². The van der Waals surface area contributed by atoms with Gasteiger partial charge in [0.15, 0.2) is 5.65 Å². The van der Waals surface area contributed by atoms with Crippen LogP contribution in [0.15, 0.2) is 36.4 Å². The first kappa shape index (κ1) is 17.0. The Labute approximate surface area is 153 Å². The highest BCUT2D eigenvalue weighted by Crippen LogP contribution is 2.28. The molecule has 0 atom stereocenters. The van der Waals surface area contributed by atoms with Gasteiger partial charge in [-0.25, -0.2) is 4.98 Å². The van der Waals surface area contributed by atoms with E-state index in [-0.39, 0.29) is 6.61 Å². The smallest absolute Gasteiger partial charge is 0.161 e. The molecule has 136 valence electrons. The summed E-state index contributed by atoms with van der Waals surface area (Å²) >= 11 is 0. The van der Waals surface area contributed by atoms with Crippen molar-refractivity contribution in [3.63, 3.8) is 0 Å². The molecule has 1 saturated heterocycles. The molecule has 0 amide bonds. The highest BCUT2D eigenvalue weighted by Gasteiger charge is 2.22. The molecule has 1 N–H and O–H groups in total. The minimum absolute atomic E-state index is 0.220. The van der Waals surface area contributed by atoms with Gasteiger partial charge in [0.2, 0.25) is 0 Å². The van der Waals surface area contributed by atoms with Gasteiger partial charge in [-0.05, 0) is 13.8 Å². The van der Waals surface area contributed by atoms with Crippen LogP contribution in [-0.4, -0.2) is 63.9 Å². The number of aliphatic hydroxyl groups excluding tert-OH is 1. The molecule has 0 spiro atoms. The van der Waals surface area contributed by atoms with Crippen molar-refractivity contribution in [1.29, 1.82) is 0 Å². The third-order valence-corrected chi connectivity index (χ3v) is 5.09. The van der Waals surface area contributed by atoms with Gasteiger partial charge in [-0.2, -0.15) is 9.61 Å². The zero-order valence-electron chi connectivity index (χ0n) is 15.4. The van der Waals surface area contributed by atoms with Crippen molar-refractivity contribution in [2.75, 3.05) is 44.2 Å². The van der Waals surface area contributed by atoms with E-state index in [1.807, 2.05) is 29.6 Å². The van der Waals surface area contributed by atoms with E-state index >= 15 is 0 Å². The Morgan fingerprint density at radius 3 is 2.46 bits per heavy atom. The molecule has 0 radical (unpaired) electrons. The average Bonchev–Trinajstić information content (AvgIpc) is 3.00. The number of benzene rings is 1. The SMILES string of the molecule is Cc1cc(N2CCN(CCO)CC2)n2nc(-c3ccccc3)c(C)c2n1. The van der Waals surface area contributed by atoms with E-state index in [9.17, 15) is 0 Å². The largest absolute Gasteiger partial charge is 0.395 e. The highest BCUT2D eigenvalue weighted by atomic mass is 16.3. The fourth-order valence-corrected chi connectivity index (χ4v) is 3.66. The number of rotatable bonds is 4. The first-order valence-corrected chi connectivity index (χ1v) is 9.18. The number of hydrogen-bond acceptors (Lipinski definition) is 5. The minimum atomic E-state index is 0.220. The van der Waals surface area contributed by atoms with E-state index in [0.29, 0.717) is 0 Å². The van der Waals surface area contributed by atoms with Crippen LogP contribution in [0.5, 0.6) is 0 Å². The van der Waals surface area contributed by atoms with Gasteiger partial charge in [-0.1, -0.05) is 30.3 Å². The van der Waals surface area contributed by atoms with E-state index < -0.39 is 0 Å². The molecule has 1 aliphatic rings. The number of β-amino-alcohol motifs (C(OH)–C–C–N with tert-alkyl or cyclic N) is 1. The molecule has 1 aromatic carbocycles. The second-order valence-corrected chi connectivity index (χ2v) is 6.88. The number of aryl methyl sites for hydroxylation is 2. The van der Waals surface area contributed by atoms with Crippen molar-refractivity contribution in [3.8, 4) is 11.3 Å². The summed E-state index contributed by atoms with van der Waals surface area (Å²) in [6, 6.07) is 12.4. The predicted octanol–water partition coefficient (Wildman–Crippen LogP) is 2.13. The van der Waals surface area contributed by atoms with Crippen LogP contribution in [0.4, 0.5) is 5.82 Å². The van der Waals surface area contributed by atoms with Crippen LogP contribution in [0.2, 0.25) is 0 Å².